The summed E-state index contributed by atoms with van der Waals surface area (Å²) in [6.45, 7) is 0. The number of phenols is 2. The molecule has 1 atom stereocenters. The van der Waals surface area contributed by atoms with Crippen LogP contribution >= 0.6 is 23.2 Å². The third kappa shape index (κ3) is 5.10. The van der Waals surface area contributed by atoms with Crippen molar-refractivity contribution in [2.45, 2.75) is 5.38 Å². The van der Waals surface area contributed by atoms with E-state index < -0.39 is 25.9 Å². The number of nitro benzene ring substituents is 1. The van der Waals surface area contributed by atoms with Crippen LogP contribution in [0.1, 0.15) is 16.5 Å². The van der Waals surface area contributed by atoms with E-state index in [9.17, 15) is 28.7 Å². The average Bonchev–Trinajstić information content (AvgIpc) is 2.55. The molecule has 0 spiro atoms. The number of nitrogens with zero attached hydrogens (tertiary/aromatic N) is 1. The molecule has 138 valence electrons. The zero-order valence-corrected chi connectivity index (χ0v) is 15.4. The van der Waals surface area contributed by atoms with Gasteiger partial charge in [0.2, 0.25) is 0 Å². The highest BCUT2D eigenvalue weighted by atomic mass is 35.5. The molecule has 0 amide bonds. The summed E-state index contributed by atoms with van der Waals surface area (Å²) in [6, 6.07) is 7.68. The summed E-state index contributed by atoms with van der Waals surface area (Å²) >= 11 is 11.8. The maximum absolute atomic E-state index is 12.2. The highest BCUT2D eigenvalue weighted by Gasteiger charge is 2.21. The molecule has 0 bridgehead atoms. The number of benzene rings is 2. The van der Waals surface area contributed by atoms with Crippen molar-refractivity contribution in [3.05, 3.63) is 68.1 Å². The van der Waals surface area contributed by atoms with Crippen LogP contribution in [0.2, 0.25) is 5.02 Å². The molecule has 0 aliphatic carbocycles. The Balaban J connectivity index is 2.18. The number of rotatable bonds is 6. The minimum Gasteiger partial charge on any atom is -0.504 e. The number of halogens is 2. The standard InChI is InChI=1S/C16H13Cl2NO6S/c17-12-3-2-11(8-14(12)19(22)23)13(18)9-26(24,25)6-5-10-1-4-15(20)16(21)7-10/h1-8,13,20-21H,9H2. The van der Waals surface area contributed by atoms with Crippen LogP contribution in [-0.4, -0.2) is 29.3 Å². The van der Waals surface area contributed by atoms with Crippen LogP contribution in [0, 0.1) is 10.1 Å². The van der Waals surface area contributed by atoms with Gasteiger partial charge in [-0.15, -0.1) is 11.6 Å². The molecular weight excluding hydrogens is 405 g/mol. The first-order valence-corrected chi connectivity index (χ1v) is 9.63. The van der Waals surface area contributed by atoms with E-state index in [0.717, 1.165) is 11.5 Å². The normalized spacial score (nSPS) is 13.0. The molecule has 2 aromatic carbocycles. The summed E-state index contributed by atoms with van der Waals surface area (Å²) in [5, 5.41) is 29.4. The van der Waals surface area contributed by atoms with Crippen LogP contribution in [0.25, 0.3) is 6.08 Å². The largest absolute Gasteiger partial charge is 0.504 e. The molecule has 1 unspecified atom stereocenters. The van der Waals surface area contributed by atoms with Crippen molar-refractivity contribution in [1.29, 1.82) is 0 Å². The van der Waals surface area contributed by atoms with E-state index in [2.05, 4.69) is 0 Å². The lowest BCUT2D eigenvalue weighted by Gasteiger charge is -2.09. The van der Waals surface area contributed by atoms with Gasteiger partial charge in [-0.05, 0) is 35.4 Å². The van der Waals surface area contributed by atoms with Crippen molar-refractivity contribution in [1.82, 2.24) is 0 Å². The van der Waals surface area contributed by atoms with E-state index >= 15 is 0 Å². The Bertz CT molecular complexity index is 975. The topological polar surface area (TPSA) is 118 Å². The molecule has 2 rings (SSSR count). The van der Waals surface area contributed by atoms with Gasteiger partial charge in [-0.25, -0.2) is 8.42 Å². The molecule has 0 aromatic heterocycles. The fourth-order valence-electron chi connectivity index (χ4n) is 2.05. The number of hydrogen-bond acceptors (Lipinski definition) is 6. The summed E-state index contributed by atoms with van der Waals surface area (Å²) < 4.78 is 24.4. The predicted molar refractivity (Wildman–Crippen MR) is 99.3 cm³/mol. The summed E-state index contributed by atoms with van der Waals surface area (Å²) in [4.78, 5) is 10.2. The van der Waals surface area contributed by atoms with E-state index in [0.29, 0.717) is 5.56 Å². The zero-order chi connectivity index (χ0) is 19.5. The van der Waals surface area contributed by atoms with Gasteiger partial charge in [0, 0.05) is 11.5 Å². The maximum Gasteiger partial charge on any atom is 0.288 e. The van der Waals surface area contributed by atoms with Gasteiger partial charge in [-0.2, -0.15) is 0 Å². The van der Waals surface area contributed by atoms with Gasteiger partial charge in [-0.1, -0.05) is 23.7 Å². The maximum atomic E-state index is 12.2. The highest BCUT2D eigenvalue weighted by molar-refractivity contribution is 7.94. The van der Waals surface area contributed by atoms with E-state index in [4.69, 9.17) is 23.2 Å². The SMILES string of the molecule is O=[N+]([O-])c1cc(C(Cl)CS(=O)(=O)C=Cc2ccc(O)c(O)c2)ccc1Cl. The van der Waals surface area contributed by atoms with Gasteiger partial charge in [0.15, 0.2) is 21.3 Å². The molecule has 10 heteroatoms. The second-order valence-corrected chi connectivity index (χ2v) is 8.18. The van der Waals surface area contributed by atoms with E-state index in [1.54, 1.807) is 0 Å². The van der Waals surface area contributed by atoms with Crippen LogP contribution in [0.5, 0.6) is 11.5 Å². The molecular formula is C16H13Cl2NO6S. The number of aromatic hydroxyl groups is 2. The van der Waals surface area contributed by atoms with Crippen molar-refractivity contribution >= 4 is 44.8 Å². The Labute approximate surface area is 159 Å². The molecule has 0 saturated carbocycles. The van der Waals surface area contributed by atoms with Gasteiger partial charge in [0.25, 0.3) is 5.69 Å². The molecule has 0 aliphatic heterocycles. The van der Waals surface area contributed by atoms with Gasteiger partial charge in [0.05, 0.1) is 16.1 Å². The molecule has 2 N–H and O–H groups in total. The van der Waals surface area contributed by atoms with Gasteiger partial charge in [-0.3, -0.25) is 10.1 Å². The monoisotopic (exact) mass is 417 g/mol. The van der Waals surface area contributed by atoms with Gasteiger partial charge >= 0.3 is 0 Å². The van der Waals surface area contributed by atoms with Crippen LogP contribution in [0.3, 0.4) is 0 Å². The Morgan fingerprint density at radius 2 is 1.85 bits per heavy atom. The van der Waals surface area contributed by atoms with Crippen LogP contribution in [0.15, 0.2) is 41.8 Å². The Hall–Kier alpha value is -2.29. The Morgan fingerprint density at radius 3 is 2.46 bits per heavy atom. The van der Waals surface area contributed by atoms with Gasteiger partial charge < -0.3 is 10.2 Å². The predicted octanol–water partition coefficient (Wildman–Crippen LogP) is 4.03. The van der Waals surface area contributed by atoms with Crippen molar-refractivity contribution in [3.63, 3.8) is 0 Å². The van der Waals surface area contributed by atoms with Crippen molar-refractivity contribution in [2.24, 2.45) is 0 Å². The molecule has 7 nitrogen and oxygen atoms in total. The van der Waals surface area contributed by atoms with Gasteiger partial charge in [0.1, 0.15) is 5.02 Å². The van der Waals surface area contributed by atoms with E-state index in [-0.39, 0.29) is 27.8 Å². The number of nitro groups is 1. The molecule has 2 aromatic rings. The summed E-state index contributed by atoms with van der Waals surface area (Å²) in [6.07, 6.45) is 1.24. The molecule has 0 heterocycles. The lowest BCUT2D eigenvalue weighted by Crippen LogP contribution is -2.08. The quantitative estimate of drug-likeness (QED) is 0.317. The Morgan fingerprint density at radius 1 is 1.15 bits per heavy atom. The first-order chi connectivity index (χ1) is 12.1. The highest BCUT2D eigenvalue weighted by Crippen LogP contribution is 2.31. The third-order valence-corrected chi connectivity index (χ3v) is 5.63. The molecule has 26 heavy (non-hydrogen) atoms. The number of hydrogen-bond donors (Lipinski definition) is 2. The fourth-order valence-corrected chi connectivity index (χ4v) is 3.97. The average molecular weight is 418 g/mol. The lowest BCUT2D eigenvalue weighted by atomic mass is 10.1. The first kappa shape index (κ1) is 20.0. The van der Waals surface area contributed by atoms with Crippen molar-refractivity contribution < 1.29 is 23.6 Å². The number of phenolic OH excluding ortho intramolecular Hbond substituents is 2. The third-order valence-electron chi connectivity index (χ3n) is 3.37. The summed E-state index contributed by atoms with van der Waals surface area (Å²) in [7, 11) is -3.75. The van der Waals surface area contributed by atoms with E-state index in [1.807, 2.05) is 0 Å². The first-order valence-electron chi connectivity index (χ1n) is 7.10. The second-order valence-electron chi connectivity index (χ2n) is 5.32. The summed E-state index contributed by atoms with van der Waals surface area (Å²) in [5.41, 5.74) is 0.251. The summed E-state index contributed by atoms with van der Waals surface area (Å²) in [5.74, 6) is -1.20. The van der Waals surface area contributed by atoms with E-state index in [1.165, 1.54) is 36.4 Å². The number of alkyl halides is 1. The smallest absolute Gasteiger partial charge is 0.288 e. The lowest BCUT2D eigenvalue weighted by molar-refractivity contribution is -0.384. The second kappa shape index (κ2) is 7.94. The van der Waals surface area contributed by atoms with Crippen molar-refractivity contribution in [3.8, 4) is 11.5 Å². The Kier molecular flexibility index (Phi) is 6.12. The minimum atomic E-state index is -3.75. The zero-order valence-electron chi connectivity index (χ0n) is 13.0. The van der Waals surface area contributed by atoms with Crippen molar-refractivity contribution in [2.75, 3.05) is 5.75 Å². The minimum absolute atomic E-state index is 0.0718. The van der Waals surface area contributed by atoms with Crippen LogP contribution in [-0.2, 0) is 9.84 Å². The fraction of sp³-hybridized carbons (Fsp3) is 0.125. The molecule has 0 fully saturated rings. The molecule has 0 saturated heterocycles. The number of sulfone groups is 1. The van der Waals surface area contributed by atoms with Crippen LogP contribution in [0.4, 0.5) is 5.69 Å². The molecule has 0 radical (unpaired) electrons. The van der Waals surface area contributed by atoms with Crippen LogP contribution < -0.4 is 0 Å². The molecule has 0 aliphatic rings.